The minimum atomic E-state index is 0.510. The van der Waals surface area contributed by atoms with E-state index >= 15 is 0 Å². The van der Waals surface area contributed by atoms with Crippen LogP contribution in [0.25, 0.3) is 0 Å². The van der Waals surface area contributed by atoms with Crippen molar-refractivity contribution in [2.24, 2.45) is 5.84 Å². The Morgan fingerprint density at radius 2 is 1.91 bits per heavy atom. The molecular formula is C5H12N4S2. The van der Waals surface area contributed by atoms with Gasteiger partial charge in [0.2, 0.25) is 0 Å². The zero-order valence-electron chi connectivity index (χ0n) is 6.16. The summed E-state index contributed by atoms with van der Waals surface area (Å²) in [6.45, 7) is 3.50. The predicted octanol–water partition coefficient (Wildman–Crippen LogP) is -0.803. The van der Waals surface area contributed by atoms with Crippen LogP contribution in [0.4, 0.5) is 0 Å². The van der Waals surface area contributed by atoms with E-state index < -0.39 is 0 Å². The van der Waals surface area contributed by atoms with Crippen LogP contribution in [0.1, 0.15) is 0 Å². The second kappa shape index (κ2) is 4.22. The van der Waals surface area contributed by atoms with Crippen LogP contribution in [0.2, 0.25) is 0 Å². The number of hydrazine groups is 2. The molecule has 3 N–H and O–H groups in total. The number of thiol groups is 1. The van der Waals surface area contributed by atoms with Gasteiger partial charge in [-0.1, -0.05) is 12.2 Å². The van der Waals surface area contributed by atoms with Gasteiger partial charge in [0.25, 0.3) is 0 Å². The van der Waals surface area contributed by atoms with Crippen molar-refractivity contribution in [1.29, 1.82) is 0 Å². The summed E-state index contributed by atoms with van der Waals surface area (Å²) in [7, 11) is 0. The standard InChI is InChI=1S/C5H12N4S2/c6-8-1-3-9(4-2-8)7-5(10)11/h1-4,6H2,(H2,7,10,11). The zero-order valence-corrected chi connectivity index (χ0v) is 7.87. The van der Waals surface area contributed by atoms with Crippen LogP contribution in [0.15, 0.2) is 0 Å². The zero-order chi connectivity index (χ0) is 8.27. The molecule has 4 nitrogen and oxygen atoms in total. The molecule has 0 saturated carbocycles. The Morgan fingerprint density at radius 3 is 2.36 bits per heavy atom. The average Bonchev–Trinajstić information content (AvgIpc) is 1.93. The van der Waals surface area contributed by atoms with E-state index in [1.165, 1.54) is 0 Å². The topological polar surface area (TPSA) is 44.5 Å². The number of thiocarbonyl (C=S) groups is 1. The molecule has 0 unspecified atom stereocenters. The molecule has 0 amide bonds. The third-order valence-corrected chi connectivity index (χ3v) is 1.76. The third kappa shape index (κ3) is 3.35. The fourth-order valence-electron chi connectivity index (χ4n) is 0.969. The van der Waals surface area contributed by atoms with Gasteiger partial charge in [0, 0.05) is 26.2 Å². The molecule has 0 bridgehead atoms. The van der Waals surface area contributed by atoms with E-state index in [0.717, 1.165) is 26.2 Å². The van der Waals surface area contributed by atoms with E-state index in [2.05, 4.69) is 18.1 Å². The van der Waals surface area contributed by atoms with Crippen LogP contribution in [-0.4, -0.2) is 40.5 Å². The maximum absolute atomic E-state index is 5.55. The average molecular weight is 192 g/mol. The summed E-state index contributed by atoms with van der Waals surface area (Å²) < 4.78 is 0.510. The number of nitrogens with one attached hydrogen (secondary N) is 1. The molecule has 0 aromatic carbocycles. The summed E-state index contributed by atoms with van der Waals surface area (Å²) in [4.78, 5) is 0. The predicted molar refractivity (Wildman–Crippen MR) is 52.1 cm³/mol. The van der Waals surface area contributed by atoms with Crippen LogP contribution in [0, 0.1) is 0 Å². The lowest BCUT2D eigenvalue weighted by Crippen LogP contribution is -2.54. The Balaban J connectivity index is 2.22. The lowest BCUT2D eigenvalue weighted by molar-refractivity contribution is 0.115. The highest BCUT2D eigenvalue weighted by Crippen LogP contribution is 1.94. The Hall–Kier alpha value is 0.120. The monoisotopic (exact) mass is 192 g/mol. The van der Waals surface area contributed by atoms with Crippen molar-refractivity contribution in [2.45, 2.75) is 0 Å². The Morgan fingerprint density at radius 1 is 1.36 bits per heavy atom. The van der Waals surface area contributed by atoms with Crippen molar-refractivity contribution in [3.05, 3.63) is 0 Å². The molecule has 1 aliphatic heterocycles. The van der Waals surface area contributed by atoms with Gasteiger partial charge in [-0.2, -0.15) is 0 Å². The molecule has 0 radical (unpaired) electrons. The minimum absolute atomic E-state index is 0.510. The summed E-state index contributed by atoms with van der Waals surface area (Å²) in [5, 5.41) is 3.80. The van der Waals surface area contributed by atoms with Crippen LogP contribution >= 0.6 is 24.8 Å². The smallest absolute Gasteiger partial charge is 0.145 e. The van der Waals surface area contributed by atoms with Gasteiger partial charge in [-0.05, 0) is 0 Å². The van der Waals surface area contributed by atoms with Crippen molar-refractivity contribution in [3.63, 3.8) is 0 Å². The SMILES string of the molecule is NN1CCN(NC(=S)S)CC1. The molecule has 1 heterocycles. The third-order valence-electron chi connectivity index (χ3n) is 1.57. The maximum Gasteiger partial charge on any atom is 0.145 e. The number of piperazine rings is 1. The summed E-state index contributed by atoms with van der Waals surface area (Å²) in [6.07, 6.45) is 0. The van der Waals surface area contributed by atoms with Gasteiger partial charge in [0.1, 0.15) is 4.32 Å². The van der Waals surface area contributed by atoms with Crippen LogP contribution in [0.3, 0.4) is 0 Å². The lowest BCUT2D eigenvalue weighted by atomic mass is 10.4. The molecule has 6 heteroatoms. The second-order valence-electron chi connectivity index (χ2n) is 2.44. The van der Waals surface area contributed by atoms with Crippen LogP contribution < -0.4 is 11.3 Å². The van der Waals surface area contributed by atoms with Gasteiger partial charge in [-0.3, -0.25) is 5.84 Å². The summed E-state index contributed by atoms with van der Waals surface area (Å²) >= 11 is 8.74. The van der Waals surface area contributed by atoms with Gasteiger partial charge in [0.05, 0.1) is 0 Å². The molecule has 11 heavy (non-hydrogen) atoms. The molecule has 1 rings (SSSR count). The number of rotatable bonds is 1. The van der Waals surface area contributed by atoms with Crippen LogP contribution in [-0.2, 0) is 0 Å². The van der Waals surface area contributed by atoms with E-state index in [-0.39, 0.29) is 0 Å². The number of nitrogens with zero attached hydrogens (tertiary/aromatic N) is 2. The quantitative estimate of drug-likeness (QED) is 0.288. The highest BCUT2D eigenvalue weighted by Gasteiger charge is 2.13. The fraction of sp³-hybridized carbons (Fsp3) is 0.800. The van der Waals surface area contributed by atoms with Crippen molar-refractivity contribution >= 4 is 29.2 Å². The number of hydrogen-bond donors (Lipinski definition) is 3. The first-order valence-corrected chi connectivity index (χ1v) is 4.28. The van der Waals surface area contributed by atoms with Crippen molar-refractivity contribution < 1.29 is 0 Å². The normalized spacial score (nSPS) is 21.6. The molecule has 0 atom stereocenters. The second-order valence-corrected chi connectivity index (χ2v) is 3.60. The van der Waals surface area contributed by atoms with Gasteiger partial charge < -0.3 is 5.43 Å². The number of nitrogens with two attached hydrogens (primary N) is 1. The Kier molecular flexibility index (Phi) is 3.53. The minimum Gasteiger partial charge on any atom is -0.304 e. The Bertz CT molecular complexity index is 143. The molecule has 1 aliphatic rings. The van der Waals surface area contributed by atoms with E-state index in [0.29, 0.717) is 4.32 Å². The first-order valence-electron chi connectivity index (χ1n) is 3.42. The van der Waals surface area contributed by atoms with Crippen LogP contribution in [0.5, 0.6) is 0 Å². The highest BCUT2D eigenvalue weighted by atomic mass is 32.1. The molecule has 0 aliphatic carbocycles. The van der Waals surface area contributed by atoms with Crippen molar-refractivity contribution in [1.82, 2.24) is 15.4 Å². The fourth-order valence-corrected chi connectivity index (χ4v) is 1.24. The lowest BCUT2D eigenvalue weighted by Gasteiger charge is -2.31. The molecule has 0 spiro atoms. The van der Waals surface area contributed by atoms with E-state index in [9.17, 15) is 0 Å². The molecular weight excluding hydrogens is 180 g/mol. The van der Waals surface area contributed by atoms with E-state index in [1.54, 1.807) is 5.01 Å². The molecule has 64 valence electrons. The molecule has 0 aromatic heterocycles. The molecule has 1 saturated heterocycles. The first-order chi connectivity index (χ1) is 5.18. The van der Waals surface area contributed by atoms with Crippen molar-refractivity contribution in [3.8, 4) is 0 Å². The highest BCUT2D eigenvalue weighted by molar-refractivity contribution is 8.11. The first kappa shape index (κ1) is 9.21. The molecule has 1 fully saturated rings. The molecule has 0 aromatic rings. The summed E-state index contributed by atoms with van der Waals surface area (Å²) in [5.41, 5.74) is 2.95. The number of hydrogen-bond acceptors (Lipinski definition) is 4. The van der Waals surface area contributed by atoms with Gasteiger partial charge in [-0.15, -0.1) is 12.6 Å². The van der Waals surface area contributed by atoms with Gasteiger partial charge in [0.15, 0.2) is 0 Å². The largest absolute Gasteiger partial charge is 0.304 e. The summed E-state index contributed by atoms with van der Waals surface area (Å²) in [5.74, 6) is 5.55. The maximum atomic E-state index is 5.55. The van der Waals surface area contributed by atoms with Gasteiger partial charge in [-0.25, -0.2) is 10.0 Å². The van der Waals surface area contributed by atoms with E-state index in [1.807, 2.05) is 5.01 Å². The Labute approximate surface area is 77.1 Å². The van der Waals surface area contributed by atoms with Crippen molar-refractivity contribution in [2.75, 3.05) is 26.2 Å². The summed E-state index contributed by atoms with van der Waals surface area (Å²) in [6, 6.07) is 0. The van der Waals surface area contributed by atoms with E-state index in [4.69, 9.17) is 18.1 Å². The van der Waals surface area contributed by atoms with Gasteiger partial charge >= 0.3 is 0 Å².